The van der Waals surface area contributed by atoms with E-state index in [0.29, 0.717) is 0 Å². The molecule has 0 spiro atoms. The first-order valence-electron chi connectivity index (χ1n) is 8.11. The molecule has 0 saturated carbocycles. The van der Waals surface area contributed by atoms with Crippen molar-refractivity contribution in [1.29, 1.82) is 0 Å². The van der Waals surface area contributed by atoms with Gasteiger partial charge in [-0.15, -0.1) is 0 Å². The van der Waals surface area contributed by atoms with Gasteiger partial charge in [-0.2, -0.15) is 0 Å². The van der Waals surface area contributed by atoms with Gasteiger partial charge in [0.05, 0.1) is 0 Å². The molecule has 5 saturated heterocycles. The normalized spacial score (nSPS) is 48.3. The van der Waals surface area contributed by atoms with E-state index in [-0.39, 0.29) is 0 Å². The van der Waals surface area contributed by atoms with Gasteiger partial charge in [0.2, 0.25) is 0 Å². The fourth-order valence-corrected chi connectivity index (χ4v) is 4.83. The molecule has 5 heterocycles. The first kappa shape index (κ1) is 11.7. The third-order valence-electron chi connectivity index (χ3n) is 5.93. The van der Waals surface area contributed by atoms with Crippen molar-refractivity contribution in [2.45, 2.75) is 56.7 Å². The molecule has 3 heteroatoms. The first-order valence-corrected chi connectivity index (χ1v) is 8.11. The zero-order valence-electron chi connectivity index (χ0n) is 11.5. The molecule has 3 atom stereocenters. The maximum Gasteiger partial charge on any atom is 0.0226 e. The summed E-state index contributed by atoms with van der Waals surface area (Å²) in [5.74, 6) is 0.983. The van der Waals surface area contributed by atoms with Crippen LogP contribution in [0.4, 0.5) is 0 Å². The highest BCUT2D eigenvalue weighted by atomic mass is 15.2. The van der Waals surface area contributed by atoms with Gasteiger partial charge in [0, 0.05) is 24.7 Å². The number of hydrogen-bond donors (Lipinski definition) is 1. The molecule has 18 heavy (non-hydrogen) atoms. The van der Waals surface area contributed by atoms with Crippen LogP contribution in [0.3, 0.4) is 0 Å². The predicted molar refractivity (Wildman–Crippen MR) is 73.7 cm³/mol. The molecule has 1 N–H and O–H groups in total. The predicted octanol–water partition coefficient (Wildman–Crippen LogP) is 1.30. The van der Waals surface area contributed by atoms with Crippen LogP contribution in [0.5, 0.6) is 0 Å². The Morgan fingerprint density at radius 3 is 2.56 bits per heavy atom. The number of nitrogens with one attached hydrogen (secondary N) is 1. The van der Waals surface area contributed by atoms with E-state index in [1.807, 2.05) is 0 Å². The first-order chi connectivity index (χ1) is 8.88. The Bertz CT molecular complexity index is 298. The van der Waals surface area contributed by atoms with Crippen molar-refractivity contribution in [2.75, 3.05) is 32.7 Å². The van der Waals surface area contributed by atoms with Crippen LogP contribution < -0.4 is 5.32 Å². The minimum atomic E-state index is 0.811. The topological polar surface area (TPSA) is 18.5 Å². The van der Waals surface area contributed by atoms with E-state index < -0.39 is 0 Å². The van der Waals surface area contributed by atoms with Crippen LogP contribution in [0.15, 0.2) is 0 Å². The fraction of sp³-hybridized carbons (Fsp3) is 1.00. The molecule has 3 unspecified atom stereocenters. The number of rotatable bonds is 2. The standard InChI is InChI=1S/C15H27N3/c1-2-14-10-13(5-9-18(14)6-1)16-15-11-17-7-3-12(15)4-8-17/h12-16H,1-11H2. The zero-order chi connectivity index (χ0) is 11.9. The molecule has 0 aromatic heterocycles. The summed E-state index contributed by atoms with van der Waals surface area (Å²) < 4.78 is 0. The Morgan fingerprint density at radius 1 is 0.889 bits per heavy atom. The molecular formula is C15H27N3. The summed E-state index contributed by atoms with van der Waals surface area (Å²) in [7, 11) is 0. The largest absolute Gasteiger partial charge is 0.310 e. The van der Waals surface area contributed by atoms with Crippen molar-refractivity contribution in [3.05, 3.63) is 0 Å². The molecule has 102 valence electrons. The summed E-state index contributed by atoms with van der Waals surface area (Å²) in [5.41, 5.74) is 0. The van der Waals surface area contributed by atoms with Gasteiger partial charge in [-0.25, -0.2) is 0 Å². The molecule has 5 rings (SSSR count). The summed E-state index contributed by atoms with van der Waals surface area (Å²) in [6.07, 6.45) is 8.60. The summed E-state index contributed by atoms with van der Waals surface area (Å²) >= 11 is 0. The Balaban J connectivity index is 1.34. The SMILES string of the molecule is C1CC2CC(NC3CN4CCC3CC4)CCN2C1. The molecule has 2 bridgehead atoms. The van der Waals surface area contributed by atoms with E-state index >= 15 is 0 Å². The van der Waals surface area contributed by atoms with Crippen LogP contribution in [0.2, 0.25) is 0 Å². The molecule has 0 aliphatic carbocycles. The van der Waals surface area contributed by atoms with Gasteiger partial charge < -0.3 is 15.1 Å². The summed E-state index contributed by atoms with van der Waals surface area (Å²) in [4.78, 5) is 5.40. The van der Waals surface area contributed by atoms with Crippen LogP contribution in [-0.4, -0.2) is 60.6 Å². The van der Waals surface area contributed by atoms with Crippen LogP contribution in [-0.2, 0) is 0 Å². The second-order valence-electron chi connectivity index (χ2n) is 6.96. The highest BCUT2D eigenvalue weighted by molar-refractivity contribution is 4.95. The van der Waals surface area contributed by atoms with E-state index in [1.165, 1.54) is 71.2 Å². The smallest absolute Gasteiger partial charge is 0.0226 e. The second kappa shape index (κ2) is 4.77. The molecule has 3 nitrogen and oxygen atoms in total. The minimum absolute atomic E-state index is 0.811. The highest BCUT2D eigenvalue weighted by Crippen LogP contribution is 2.31. The van der Waals surface area contributed by atoms with Crippen molar-refractivity contribution in [2.24, 2.45) is 5.92 Å². The quantitative estimate of drug-likeness (QED) is 0.796. The third-order valence-corrected chi connectivity index (χ3v) is 5.93. The third kappa shape index (κ3) is 2.10. The lowest BCUT2D eigenvalue weighted by Gasteiger charge is -2.47. The van der Waals surface area contributed by atoms with E-state index in [9.17, 15) is 0 Å². The molecular weight excluding hydrogens is 222 g/mol. The fourth-order valence-electron chi connectivity index (χ4n) is 4.83. The lowest BCUT2D eigenvalue weighted by Crippen LogP contribution is -2.59. The van der Waals surface area contributed by atoms with Gasteiger partial charge in [0.25, 0.3) is 0 Å². The van der Waals surface area contributed by atoms with E-state index in [0.717, 1.165) is 24.0 Å². The van der Waals surface area contributed by atoms with Crippen molar-refractivity contribution >= 4 is 0 Å². The summed E-state index contributed by atoms with van der Waals surface area (Å²) in [5, 5.41) is 4.03. The van der Waals surface area contributed by atoms with Crippen molar-refractivity contribution in [1.82, 2.24) is 15.1 Å². The van der Waals surface area contributed by atoms with Crippen LogP contribution in [0.25, 0.3) is 0 Å². The lowest BCUT2D eigenvalue weighted by molar-refractivity contribution is 0.0570. The molecule has 5 aliphatic rings. The highest BCUT2D eigenvalue weighted by Gasteiger charge is 2.37. The van der Waals surface area contributed by atoms with E-state index in [4.69, 9.17) is 0 Å². The van der Waals surface area contributed by atoms with Crippen molar-refractivity contribution in [3.63, 3.8) is 0 Å². The Hall–Kier alpha value is -0.120. The number of piperidine rings is 4. The van der Waals surface area contributed by atoms with Gasteiger partial charge in [-0.3, -0.25) is 0 Å². The van der Waals surface area contributed by atoms with Gasteiger partial charge >= 0.3 is 0 Å². The molecule has 5 fully saturated rings. The molecule has 0 aromatic carbocycles. The lowest BCUT2D eigenvalue weighted by atomic mass is 9.83. The zero-order valence-corrected chi connectivity index (χ0v) is 11.5. The molecule has 0 aromatic rings. The maximum atomic E-state index is 4.03. The number of nitrogens with zero attached hydrogens (tertiary/aromatic N) is 2. The van der Waals surface area contributed by atoms with Gasteiger partial charge in [0.1, 0.15) is 0 Å². The Kier molecular flexibility index (Phi) is 3.10. The van der Waals surface area contributed by atoms with E-state index in [1.54, 1.807) is 0 Å². The van der Waals surface area contributed by atoms with Crippen LogP contribution in [0.1, 0.15) is 38.5 Å². The summed E-state index contributed by atoms with van der Waals surface area (Å²) in [6, 6.07) is 2.54. The maximum absolute atomic E-state index is 4.03. The van der Waals surface area contributed by atoms with Crippen molar-refractivity contribution < 1.29 is 0 Å². The van der Waals surface area contributed by atoms with Gasteiger partial charge in [-0.05, 0) is 70.6 Å². The van der Waals surface area contributed by atoms with Crippen LogP contribution >= 0.6 is 0 Å². The minimum Gasteiger partial charge on any atom is -0.310 e. The van der Waals surface area contributed by atoms with Gasteiger partial charge in [0.15, 0.2) is 0 Å². The Labute approximate surface area is 111 Å². The van der Waals surface area contributed by atoms with Crippen LogP contribution in [0, 0.1) is 5.92 Å². The number of hydrogen-bond acceptors (Lipinski definition) is 3. The molecule has 0 radical (unpaired) electrons. The monoisotopic (exact) mass is 249 g/mol. The second-order valence-corrected chi connectivity index (χ2v) is 6.96. The van der Waals surface area contributed by atoms with E-state index in [2.05, 4.69) is 15.1 Å². The molecule has 0 amide bonds. The molecule has 5 aliphatic heterocycles. The summed E-state index contributed by atoms with van der Waals surface area (Å²) in [6.45, 7) is 6.78. The Morgan fingerprint density at radius 2 is 1.78 bits per heavy atom. The van der Waals surface area contributed by atoms with Gasteiger partial charge in [-0.1, -0.05) is 0 Å². The average Bonchev–Trinajstić information content (AvgIpc) is 2.87. The average molecular weight is 249 g/mol. The number of fused-ring (bicyclic) bond motifs is 4. The van der Waals surface area contributed by atoms with Crippen molar-refractivity contribution in [3.8, 4) is 0 Å².